The van der Waals surface area contributed by atoms with Crippen LogP contribution in [0.5, 0.6) is 0 Å². The zero-order valence-electron chi connectivity index (χ0n) is 38.3. The molecule has 0 unspecified atom stereocenters. The number of nitrogens with zero attached hydrogens (tertiary/aromatic N) is 6. The van der Waals surface area contributed by atoms with Crippen molar-refractivity contribution in [2.75, 3.05) is 0 Å². The van der Waals surface area contributed by atoms with Gasteiger partial charge in [0.25, 0.3) is 0 Å². The Morgan fingerprint density at radius 2 is 1.04 bits per heavy atom. The molecule has 0 aliphatic rings. The molecule has 0 radical (unpaired) electrons. The lowest BCUT2D eigenvalue weighted by atomic mass is 9.98. The summed E-state index contributed by atoms with van der Waals surface area (Å²) in [4.78, 5) is 19.7. The second-order valence-electron chi connectivity index (χ2n) is 17.0. The number of hydrogen-bond donors (Lipinski definition) is 0. The lowest BCUT2D eigenvalue weighted by Gasteiger charge is -2.12. The van der Waals surface area contributed by atoms with E-state index in [4.69, 9.17) is 19.4 Å². The summed E-state index contributed by atoms with van der Waals surface area (Å²) < 4.78 is 10.9. The number of allylic oxidation sites excluding steroid dienone is 5. The fourth-order valence-corrected chi connectivity index (χ4v) is 9.66. The first-order chi connectivity index (χ1) is 34.6. The van der Waals surface area contributed by atoms with Crippen molar-refractivity contribution in [3.05, 3.63) is 243 Å². The van der Waals surface area contributed by atoms with Crippen molar-refractivity contribution in [2.45, 2.75) is 6.92 Å². The molecule has 0 bridgehead atoms. The van der Waals surface area contributed by atoms with Gasteiger partial charge in [0.1, 0.15) is 11.1 Å². The standard InChI is InChI=1S/C56H34N6O.C7H10/c1-3-14-35(15-4-1)54-58-55(36-16-5-2-6-17-36)60-56(59-54)38-18-11-19-39(32-38)61-46-23-9-7-20-42(46)44-33-37(27-29-48(44)61)41-22-12-25-49-52(41)43-21-8-10-24-47(43)62(49)40-28-30-50-45(34-40)53-51(63-50)26-13-31-57-53;1-3-5-7-6-4-2/h1-34H;3-7H,1H2,2H3/b;6-4-,7-5-. The second kappa shape index (κ2) is 18.0. The van der Waals surface area contributed by atoms with Gasteiger partial charge in [-0.05, 0) is 90.8 Å². The molecule has 0 saturated heterocycles. The highest BCUT2D eigenvalue weighted by Gasteiger charge is 2.20. The molecule has 332 valence electrons. The number of rotatable bonds is 8. The Morgan fingerprint density at radius 3 is 1.79 bits per heavy atom. The molecular weight excluding hydrogens is 857 g/mol. The molecule has 0 atom stereocenters. The molecule has 0 aliphatic heterocycles. The first kappa shape index (κ1) is 41.9. The van der Waals surface area contributed by atoms with E-state index in [9.17, 15) is 0 Å². The van der Waals surface area contributed by atoms with Crippen molar-refractivity contribution in [1.29, 1.82) is 0 Å². The van der Waals surface area contributed by atoms with Crippen molar-refractivity contribution in [2.24, 2.45) is 0 Å². The van der Waals surface area contributed by atoms with E-state index < -0.39 is 0 Å². The lowest BCUT2D eigenvalue weighted by molar-refractivity contribution is 0.668. The molecule has 0 amide bonds. The summed E-state index contributed by atoms with van der Waals surface area (Å²) >= 11 is 0. The van der Waals surface area contributed by atoms with Gasteiger partial charge in [0, 0.05) is 61.2 Å². The van der Waals surface area contributed by atoms with Crippen molar-refractivity contribution in [3.8, 4) is 56.7 Å². The Bertz CT molecular complexity index is 4100. The van der Waals surface area contributed by atoms with Gasteiger partial charge in [0.2, 0.25) is 0 Å². The monoisotopic (exact) mass is 900 g/mol. The fourth-order valence-electron chi connectivity index (χ4n) is 9.66. The summed E-state index contributed by atoms with van der Waals surface area (Å²) in [7, 11) is 0. The normalized spacial score (nSPS) is 11.7. The van der Waals surface area contributed by atoms with Crippen molar-refractivity contribution in [3.63, 3.8) is 0 Å². The Balaban J connectivity index is 0.000000674. The third-order valence-electron chi connectivity index (χ3n) is 12.8. The van der Waals surface area contributed by atoms with Crippen LogP contribution in [-0.4, -0.2) is 29.1 Å². The second-order valence-corrected chi connectivity index (χ2v) is 17.0. The predicted octanol–water partition coefficient (Wildman–Crippen LogP) is 16.3. The summed E-state index contributed by atoms with van der Waals surface area (Å²) in [6.07, 6.45) is 11.3. The van der Waals surface area contributed by atoms with Gasteiger partial charge in [0.05, 0.1) is 22.1 Å². The van der Waals surface area contributed by atoms with Crippen molar-refractivity contribution >= 4 is 65.7 Å². The van der Waals surface area contributed by atoms with Gasteiger partial charge >= 0.3 is 0 Å². The number of hydrogen-bond acceptors (Lipinski definition) is 5. The number of furan rings is 1. The SMILES string of the molecule is C=C/C=C\C=C/C.c1ccc(-c2nc(-c3ccccc3)nc(-c3cccc(-n4c5ccccc5c5cc(-c6cccc7c6c6ccccc6n7-c6ccc7oc8cccnc8c7c6)ccc54)c3)n2)cc1. The van der Waals surface area contributed by atoms with E-state index in [0.717, 1.165) is 77.8 Å². The third-order valence-corrected chi connectivity index (χ3v) is 12.8. The average molecular weight is 901 g/mol. The summed E-state index contributed by atoms with van der Waals surface area (Å²) in [5.74, 6) is 1.89. The molecule has 0 N–H and O–H groups in total. The summed E-state index contributed by atoms with van der Waals surface area (Å²) in [5.41, 5.74) is 14.2. The van der Waals surface area contributed by atoms with Gasteiger partial charge in [0.15, 0.2) is 23.1 Å². The highest BCUT2D eigenvalue weighted by molar-refractivity contribution is 6.17. The van der Waals surface area contributed by atoms with Crippen LogP contribution in [0, 0.1) is 0 Å². The maximum atomic E-state index is 6.16. The minimum absolute atomic E-state index is 0.620. The molecule has 13 rings (SSSR count). The topological polar surface area (TPSA) is 74.6 Å². The maximum Gasteiger partial charge on any atom is 0.164 e. The summed E-state index contributed by atoms with van der Waals surface area (Å²) in [6, 6.07) is 69.9. The third kappa shape index (κ3) is 7.43. The number of para-hydroxylation sites is 2. The van der Waals surface area contributed by atoms with Crippen LogP contribution in [0.3, 0.4) is 0 Å². The largest absolute Gasteiger partial charge is 0.454 e. The maximum absolute atomic E-state index is 6.16. The molecule has 0 fully saturated rings. The average Bonchev–Trinajstić information content (AvgIpc) is 4.09. The molecule has 7 nitrogen and oxygen atoms in total. The molecule has 13 aromatic rings. The molecule has 0 aliphatic carbocycles. The van der Waals surface area contributed by atoms with Gasteiger partial charge in [-0.1, -0.05) is 164 Å². The van der Waals surface area contributed by atoms with E-state index in [1.165, 1.54) is 27.1 Å². The van der Waals surface area contributed by atoms with Crippen LogP contribution in [0.25, 0.3) is 122 Å². The first-order valence-corrected chi connectivity index (χ1v) is 23.4. The minimum Gasteiger partial charge on any atom is -0.454 e. The van der Waals surface area contributed by atoms with Crippen LogP contribution in [0.2, 0.25) is 0 Å². The molecule has 0 spiro atoms. The highest BCUT2D eigenvalue weighted by Crippen LogP contribution is 2.42. The van der Waals surface area contributed by atoms with E-state index in [-0.39, 0.29) is 0 Å². The summed E-state index contributed by atoms with van der Waals surface area (Å²) in [5, 5.41) is 5.77. The van der Waals surface area contributed by atoms with Crippen LogP contribution in [0.1, 0.15) is 6.92 Å². The lowest BCUT2D eigenvalue weighted by Crippen LogP contribution is -2.01. The van der Waals surface area contributed by atoms with Crippen LogP contribution in [0.4, 0.5) is 0 Å². The number of aromatic nitrogens is 6. The van der Waals surface area contributed by atoms with Gasteiger partial charge in [-0.3, -0.25) is 4.98 Å². The van der Waals surface area contributed by atoms with Gasteiger partial charge in [-0.2, -0.15) is 0 Å². The number of benzene rings is 8. The van der Waals surface area contributed by atoms with E-state index in [2.05, 4.69) is 148 Å². The quantitative estimate of drug-likeness (QED) is 0.142. The Kier molecular flexibility index (Phi) is 10.8. The Hall–Kier alpha value is -9.46. The van der Waals surface area contributed by atoms with Crippen molar-refractivity contribution in [1.82, 2.24) is 29.1 Å². The van der Waals surface area contributed by atoms with Crippen LogP contribution < -0.4 is 0 Å². The summed E-state index contributed by atoms with van der Waals surface area (Å²) in [6.45, 7) is 5.49. The molecule has 0 saturated carbocycles. The molecule has 7 heteroatoms. The molecule has 70 heavy (non-hydrogen) atoms. The van der Waals surface area contributed by atoms with Crippen LogP contribution in [-0.2, 0) is 0 Å². The van der Waals surface area contributed by atoms with E-state index >= 15 is 0 Å². The molecule has 5 aromatic heterocycles. The fraction of sp³-hybridized carbons (Fsp3) is 0.0159. The number of fused-ring (bicyclic) bond motifs is 9. The zero-order chi connectivity index (χ0) is 47.0. The smallest absolute Gasteiger partial charge is 0.164 e. The first-order valence-electron chi connectivity index (χ1n) is 23.4. The van der Waals surface area contributed by atoms with E-state index in [0.29, 0.717) is 17.5 Å². The molecular formula is C63H44N6O. The Labute approximate surface area is 404 Å². The van der Waals surface area contributed by atoms with Gasteiger partial charge in [-0.25, -0.2) is 15.0 Å². The van der Waals surface area contributed by atoms with Gasteiger partial charge < -0.3 is 13.6 Å². The molecule has 5 heterocycles. The van der Waals surface area contributed by atoms with E-state index in [1.807, 2.05) is 110 Å². The Morgan fingerprint density at radius 1 is 0.429 bits per heavy atom. The number of pyridine rings is 1. The van der Waals surface area contributed by atoms with Crippen molar-refractivity contribution < 1.29 is 4.42 Å². The van der Waals surface area contributed by atoms with Gasteiger partial charge in [-0.15, -0.1) is 0 Å². The van der Waals surface area contributed by atoms with Crippen LogP contribution >= 0.6 is 0 Å². The zero-order valence-corrected chi connectivity index (χ0v) is 38.3. The predicted molar refractivity (Wildman–Crippen MR) is 289 cm³/mol. The molecule has 8 aromatic carbocycles. The van der Waals surface area contributed by atoms with Crippen LogP contribution in [0.15, 0.2) is 248 Å². The minimum atomic E-state index is 0.620. The van der Waals surface area contributed by atoms with E-state index in [1.54, 1.807) is 6.08 Å². The highest BCUT2D eigenvalue weighted by atomic mass is 16.3.